The number of carbonyl (C=O) groups is 1. The van der Waals surface area contributed by atoms with Crippen molar-refractivity contribution in [2.24, 2.45) is 0 Å². The maximum Gasteiger partial charge on any atom is 0.495 e. The lowest BCUT2D eigenvalue weighted by molar-refractivity contribution is 0.00578. The number of hydrogen-bond acceptors (Lipinski definition) is 4. The van der Waals surface area contributed by atoms with Crippen molar-refractivity contribution >= 4 is 18.7 Å². The van der Waals surface area contributed by atoms with E-state index in [4.69, 9.17) is 14.0 Å². The minimum Gasteiger partial charge on any atom is -0.444 e. The Morgan fingerprint density at radius 3 is 2.23 bits per heavy atom. The van der Waals surface area contributed by atoms with E-state index in [2.05, 4.69) is 52.8 Å². The zero-order valence-electron chi connectivity index (χ0n) is 20.7. The van der Waals surface area contributed by atoms with Crippen LogP contribution in [0.3, 0.4) is 0 Å². The third-order valence-corrected chi connectivity index (χ3v) is 6.88. The lowest BCUT2D eigenvalue weighted by Crippen LogP contribution is -2.43. The Kier molecular flexibility index (Phi) is 6.83. The number of benzene rings is 1. The second-order valence-corrected chi connectivity index (χ2v) is 11.1. The van der Waals surface area contributed by atoms with E-state index >= 15 is 0 Å². The van der Waals surface area contributed by atoms with Crippen LogP contribution in [0.5, 0.6) is 0 Å². The minimum absolute atomic E-state index is 0.190. The standard InChI is InChI=1S/C25H40BNO4/c1-18-17-19(13-14-21(18)26-30-24(5,6)25(7,8)31-26)15-16-27(20-11-9-10-12-20)22(28)29-23(2,3)4/h13-14,17,20H,9-12,15-16H2,1-8H3. The van der Waals surface area contributed by atoms with Gasteiger partial charge in [0.2, 0.25) is 0 Å². The number of carbonyl (C=O) groups excluding carboxylic acids is 1. The number of rotatable bonds is 5. The summed E-state index contributed by atoms with van der Waals surface area (Å²) in [5.74, 6) is 0. The molecule has 1 aromatic carbocycles. The van der Waals surface area contributed by atoms with Gasteiger partial charge in [0.25, 0.3) is 0 Å². The SMILES string of the molecule is Cc1cc(CCN(C(=O)OC(C)(C)C)C2CCCC2)ccc1B1OC(C)(C)C(C)(C)O1. The molecule has 6 heteroatoms. The van der Waals surface area contributed by atoms with E-state index in [0.29, 0.717) is 12.6 Å². The molecule has 2 aliphatic rings. The highest BCUT2D eigenvalue weighted by molar-refractivity contribution is 6.62. The topological polar surface area (TPSA) is 48.0 Å². The summed E-state index contributed by atoms with van der Waals surface area (Å²) in [6.07, 6.45) is 5.13. The number of nitrogens with zero attached hydrogens (tertiary/aromatic N) is 1. The fourth-order valence-corrected chi connectivity index (χ4v) is 4.34. The predicted octanol–water partition coefficient (Wildman–Crippen LogP) is 5.02. The number of hydrogen-bond donors (Lipinski definition) is 0. The van der Waals surface area contributed by atoms with Gasteiger partial charge in [0.05, 0.1) is 11.2 Å². The lowest BCUT2D eigenvalue weighted by atomic mass is 9.75. The maximum atomic E-state index is 12.9. The van der Waals surface area contributed by atoms with Crippen LogP contribution in [0.4, 0.5) is 4.79 Å². The summed E-state index contributed by atoms with van der Waals surface area (Å²) in [6, 6.07) is 6.73. The first-order valence-electron chi connectivity index (χ1n) is 11.7. The molecule has 1 aliphatic carbocycles. The van der Waals surface area contributed by atoms with E-state index in [0.717, 1.165) is 30.3 Å². The molecular formula is C25H40BNO4. The summed E-state index contributed by atoms with van der Waals surface area (Å²) in [4.78, 5) is 14.8. The van der Waals surface area contributed by atoms with E-state index in [9.17, 15) is 4.79 Å². The van der Waals surface area contributed by atoms with Crippen LogP contribution in [-0.4, -0.2) is 47.5 Å². The van der Waals surface area contributed by atoms with E-state index < -0.39 is 5.60 Å². The van der Waals surface area contributed by atoms with E-state index in [1.165, 1.54) is 18.4 Å². The van der Waals surface area contributed by atoms with Crippen LogP contribution in [-0.2, 0) is 20.5 Å². The Hall–Kier alpha value is -1.53. The maximum absolute atomic E-state index is 12.9. The summed E-state index contributed by atoms with van der Waals surface area (Å²) < 4.78 is 18.1. The third kappa shape index (κ3) is 5.64. The molecule has 0 N–H and O–H groups in total. The zero-order valence-corrected chi connectivity index (χ0v) is 20.7. The van der Waals surface area contributed by atoms with Crippen LogP contribution in [0.1, 0.15) is 85.3 Å². The molecule has 0 radical (unpaired) electrons. The van der Waals surface area contributed by atoms with Crippen LogP contribution in [0.2, 0.25) is 0 Å². The van der Waals surface area contributed by atoms with Gasteiger partial charge < -0.3 is 18.9 Å². The van der Waals surface area contributed by atoms with Gasteiger partial charge in [0, 0.05) is 12.6 Å². The van der Waals surface area contributed by atoms with Gasteiger partial charge >= 0.3 is 13.2 Å². The molecule has 31 heavy (non-hydrogen) atoms. The molecule has 0 aromatic heterocycles. The van der Waals surface area contributed by atoms with Crippen molar-refractivity contribution in [1.29, 1.82) is 0 Å². The van der Waals surface area contributed by atoms with Crippen LogP contribution in [0.25, 0.3) is 0 Å². The molecular weight excluding hydrogens is 389 g/mol. The second kappa shape index (κ2) is 8.78. The van der Waals surface area contributed by atoms with Gasteiger partial charge in [-0.05, 0) is 85.7 Å². The largest absolute Gasteiger partial charge is 0.495 e. The summed E-state index contributed by atoms with van der Waals surface area (Å²) in [5, 5.41) is 0. The highest BCUT2D eigenvalue weighted by atomic mass is 16.7. The number of aryl methyl sites for hydroxylation is 1. The third-order valence-electron chi connectivity index (χ3n) is 6.88. The van der Waals surface area contributed by atoms with E-state index in [1.807, 2.05) is 25.7 Å². The number of ether oxygens (including phenoxy) is 1. The molecule has 1 aromatic rings. The summed E-state index contributed by atoms with van der Waals surface area (Å²) >= 11 is 0. The average molecular weight is 429 g/mol. The predicted molar refractivity (Wildman–Crippen MR) is 126 cm³/mol. The first-order chi connectivity index (χ1) is 14.3. The van der Waals surface area contributed by atoms with Crippen molar-refractivity contribution in [1.82, 2.24) is 4.90 Å². The molecule has 5 nitrogen and oxygen atoms in total. The summed E-state index contributed by atoms with van der Waals surface area (Å²) in [6.45, 7) is 16.9. The average Bonchev–Trinajstić information content (AvgIpc) is 3.20. The summed E-state index contributed by atoms with van der Waals surface area (Å²) in [7, 11) is -0.351. The normalized spacial score (nSPS) is 20.8. The lowest BCUT2D eigenvalue weighted by Gasteiger charge is -2.32. The highest BCUT2D eigenvalue weighted by Crippen LogP contribution is 2.36. The monoisotopic (exact) mass is 429 g/mol. The van der Waals surface area contributed by atoms with Gasteiger partial charge in [0.1, 0.15) is 5.60 Å². The summed E-state index contributed by atoms with van der Waals surface area (Å²) in [5.41, 5.74) is 2.26. The Labute approximate surface area is 189 Å². The highest BCUT2D eigenvalue weighted by Gasteiger charge is 2.52. The Bertz CT molecular complexity index is 777. The molecule has 3 rings (SSSR count). The van der Waals surface area contributed by atoms with Crippen LogP contribution in [0, 0.1) is 6.92 Å². The van der Waals surface area contributed by atoms with Gasteiger partial charge in [-0.25, -0.2) is 4.79 Å². The van der Waals surface area contributed by atoms with Crippen LogP contribution < -0.4 is 5.46 Å². The van der Waals surface area contributed by atoms with Gasteiger partial charge in [-0.2, -0.15) is 0 Å². The fraction of sp³-hybridized carbons (Fsp3) is 0.720. The minimum atomic E-state index is -0.477. The smallest absolute Gasteiger partial charge is 0.444 e. The molecule has 1 heterocycles. The van der Waals surface area contributed by atoms with Gasteiger partial charge in [-0.3, -0.25) is 0 Å². The van der Waals surface area contributed by atoms with Gasteiger partial charge in [-0.15, -0.1) is 0 Å². The molecule has 2 fully saturated rings. The second-order valence-electron chi connectivity index (χ2n) is 11.1. The Morgan fingerprint density at radius 1 is 1.13 bits per heavy atom. The molecule has 0 unspecified atom stereocenters. The molecule has 0 spiro atoms. The van der Waals surface area contributed by atoms with Crippen molar-refractivity contribution in [3.63, 3.8) is 0 Å². The molecule has 0 bridgehead atoms. The van der Waals surface area contributed by atoms with Crippen molar-refractivity contribution in [2.75, 3.05) is 6.54 Å². The van der Waals surface area contributed by atoms with Crippen molar-refractivity contribution < 1.29 is 18.8 Å². The van der Waals surface area contributed by atoms with E-state index in [-0.39, 0.29) is 24.4 Å². The molecule has 172 valence electrons. The Balaban J connectivity index is 1.69. The molecule has 1 amide bonds. The van der Waals surface area contributed by atoms with Crippen LogP contribution >= 0.6 is 0 Å². The first kappa shape index (κ1) is 24.1. The molecule has 1 aliphatic heterocycles. The number of amides is 1. The molecule has 1 saturated heterocycles. The van der Waals surface area contributed by atoms with E-state index in [1.54, 1.807) is 0 Å². The van der Waals surface area contributed by atoms with Crippen molar-refractivity contribution in [3.8, 4) is 0 Å². The zero-order chi connectivity index (χ0) is 23.0. The first-order valence-corrected chi connectivity index (χ1v) is 11.7. The van der Waals surface area contributed by atoms with Gasteiger partial charge in [-0.1, -0.05) is 36.6 Å². The quantitative estimate of drug-likeness (QED) is 0.617. The molecule has 1 saturated carbocycles. The van der Waals surface area contributed by atoms with Crippen LogP contribution in [0.15, 0.2) is 18.2 Å². The van der Waals surface area contributed by atoms with Crippen molar-refractivity contribution in [2.45, 2.75) is 110 Å². The van der Waals surface area contributed by atoms with Crippen molar-refractivity contribution in [3.05, 3.63) is 29.3 Å². The molecule has 0 atom stereocenters. The Morgan fingerprint density at radius 2 is 1.71 bits per heavy atom. The van der Waals surface area contributed by atoms with Gasteiger partial charge in [0.15, 0.2) is 0 Å². The fourth-order valence-electron chi connectivity index (χ4n) is 4.34.